The standard InChI is InChI=1S/C19H22N2O2/c1-12(2)18(22)20-16-8-6-15(7-9-16)19(23)21-17-10-5-13(3)11-14(17)4/h5-12H,1-4H3,(H,20,22)(H,21,23). The summed E-state index contributed by atoms with van der Waals surface area (Å²) >= 11 is 0. The van der Waals surface area contributed by atoms with Crippen molar-refractivity contribution >= 4 is 23.2 Å². The van der Waals surface area contributed by atoms with Crippen molar-refractivity contribution in [3.63, 3.8) is 0 Å². The van der Waals surface area contributed by atoms with Gasteiger partial charge in [-0.05, 0) is 49.7 Å². The Morgan fingerprint density at radius 2 is 1.57 bits per heavy atom. The van der Waals surface area contributed by atoms with Crippen LogP contribution in [0.15, 0.2) is 42.5 Å². The maximum absolute atomic E-state index is 12.3. The van der Waals surface area contributed by atoms with Gasteiger partial charge in [0.1, 0.15) is 0 Å². The average molecular weight is 310 g/mol. The van der Waals surface area contributed by atoms with E-state index in [-0.39, 0.29) is 17.7 Å². The molecule has 0 aliphatic heterocycles. The van der Waals surface area contributed by atoms with Crippen LogP contribution in [0.2, 0.25) is 0 Å². The highest BCUT2D eigenvalue weighted by Crippen LogP contribution is 2.18. The number of hydrogen-bond donors (Lipinski definition) is 2. The lowest BCUT2D eigenvalue weighted by atomic mass is 10.1. The number of amides is 2. The molecule has 2 aromatic carbocycles. The number of aryl methyl sites for hydroxylation is 2. The number of hydrogen-bond acceptors (Lipinski definition) is 2. The molecule has 0 aliphatic carbocycles. The minimum Gasteiger partial charge on any atom is -0.326 e. The topological polar surface area (TPSA) is 58.2 Å². The highest BCUT2D eigenvalue weighted by molar-refractivity contribution is 6.05. The number of anilines is 2. The summed E-state index contributed by atoms with van der Waals surface area (Å²) in [5.74, 6) is -0.293. The molecule has 0 fully saturated rings. The molecule has 4 heteroatoms. The predicted molar refractivity (Wildman–Crippen MR) is 93.8 cm³/mol. The van der Waals surface area contributed by atoms with Crippen LogP contribution in [0.3, 0.4) is 0 Å². The molecule has 0 unspecified atom stereocenters. The normalized spacial score (nSPS) is 10.5. The smallest absolute Gasteiger partial charge is 0.255 e. The molecule has 0 aromatic heterocycles. The van der Waals surface area contributed by atoms with Crippen molar-refractivity contribution in [1.82, 2.24) is 0 Å². The van der Waals surface area contributed by atoms with Gasteiger partial charge in [0, 0.05) is 22.9 Å². The van der Waals surface area contributed by atoms with Gasteiger partial charge in [-0.2, -0.15) is 0 Å². The molecule has 2 aromatic rings. The Labute approximate surface area is 136 Å². The molecule has 0 spiro atoms. The molecule has 0 atom stereocenters. The average Bonchev–Trinajstić information content (AvgIpc) is 2.50. The van der Waals surface area contributed by atoms with Gasteiger partial charge in [-0.1, -0.05) is 31.5 Å². The van der Waals surface area contributed by atoms with Gasteiger partial charge in [-0.3, -0.25) is 9.59 Å². The van der Waals surface area contributed by atoms with Crippen molar-refractivity contribution in [3.8, 4) is 0 Å². The number of carbonyl (C=O) groups is 2. The number of carbonyl (C=O) groups excluding carboxylic acids is 2. The summed E-state index contributed by atoms with van der Waals surface area (Å²) < 4.78 is 0. The molecule has 0 saturated carbocycles. The number of benzene rings is 2. The van der Waals surface area contributed by atoms with Crippen molar-refractivity contribution in [3.05, 3.63) is 59.2 Å². The third-order valence-corrected chi connectivity index (χ3v) is 3.57. The Bertz CT molecular complexity index is 719. The molecule has 2 rings (SSSR count). The van der Waals surface area contributed by atoms with Crippen LogP contribution in [-0.2, 0) is 4.79 Å². The molecule has 4 nitrogen and oxygen atoms in total. The summed E-state index contributed by atoms with van der Waals surface area (Å²) in [4.78, 5) is 23.9. The molecule has 0 heterocycles. The fourth-order valence-electron chi connectivity index (χ4n) is 2.14. The summed E-state index contributed by atoms with van der Waals surface area (Å²) in [6.45, 7) is 7.65. The van der Waals surface area contributed by atoms with E-state index < -0.39 is 0 Å². The van der Waals surface area contributed by atoms with Gasteiger partial charge in [0.2, 0.25) is 5.91 Å². The minimum atomic E-state index is -0.168. The van der Waals surface area contributed by atoms with Gasteiger partial charge in [0.15, 0.2) is 0 Å². The summed E-state index contributed by atoms with van der Waals surface area (Å²) in [6, 6.07) is 12.8. The highest BCUT2D eigenvalue weighted by Gasteiger charge is 2.10. The van der Waals surface area contributed by atoms with Gasteiger partial charge >= 0.3 is 0 Å². The van der Waals surface area contributed by atoms with Crippen LogP contribution < -0.4 is 10.6 Å². The van der Waals surface area contributed by atoms with Crippen LogP contribution in [0, 0.1) is 19.8 Å². The van der Waals surface area contributed by atoms with Gasteiger partial charge in [0.05, 0.1) is 0 Å². The first-order valence-electron chi connectivity index (χ1n) is 7.66. The maximum atomic E-state index is 12.3. The summed E-state index contributed by atoms with van der Waals surface area (Å²) in [5, 5.41) is 5.71. The number of rotatable bonds is 4. The summed E-state index contributed by atoms with van der Waals surface area (Å²) in [5.41, 5.74) is 4.22. The van der Waals surface area contributed by atoms with Crippen molar-refractivity contribution in [2.75, 3.05) is 10.6 Å². The van der Waals surface area contributed by atoms with E-state index in [1.165, 1.54) is 0 Å². The second-order valence-electron chi connectivity index (χ2n) is 5.99. The predicted octanol–water partition coefficient (Wildman–Crippen LogP) is 4.15. The second-order valence-corrected chi connectivity index (χ2v) is 5.99. The first-order valence-corrected chi connectivity index (χ1v) is 7.66. The first kappa shape index (κ1) is 16.7. The lowest BCUT2D eigenvalue weighted by Gasteiger charge is -2.10. The zero-order valence-electron chi connectivity index (χ0n) is 13.9. The molecule has 23 heavy (non-hydrogen) atoms. The second kappa shape index (κ2) is 7.09. The quantitative estimate of drug-likeness (QED) is 0.891. The zero-order valence-corrected chi connectivity index (χ0v) is 13.9. The van der Waals surface area contributed by atoms with E-state index in [0.29, 0.717) is 11.3 Å². The molecule has 2 N–H and O–H groups in total. The molecule has 0 aliphatic rings. The van der Waals surface area contributed by atoms with E-state index in [4.69, 9.17) is 0 Å². The van der Waals surface area contributed by atoms with Crippen LogP contribution >= 0.6 is 0 Å². The highest BCUT2D eigenvalue weighted by atomic mass is 16.2. The Kier molecular flexibility index (Phi) is 5.16. The maximum Gasteiger partial charge on any atom is 0.255 e. The van der Waals surface area contributed by atoms with E-state index in [1.54, 1.807) is 24.3 Å². The molecule has 120 valence electrons. The van der Waals surface area contributed by atoms with Crippen molar-refractivity contribution in [2.45, 2.75) is 27.7 Å². The summed E-state index contributed by atoms with van der Waals surface area (Å²) in [6.07, 6.45) is 0. The fraction of sp³-hybridized carbons (Fsp3) is 0.263. The Balaban J connectivity index is 2.07. The van der Waals surface area contributed by atoms with Gasteiger partial charge in [0.25, 0.3) is 5.91 Å². The van der Waals surface area contributed by atoms with Gasteiger partial charge in [-0.15, -0.1) is 0 Å². The Hall–Kier alpha value is -2.62. The summed E-state index contributed by atoms with van der Waals surface area (Å²) in [7, 11) is 0. The van der Waals surface area contributed by atoms with Crippen molar-refractivity contribution in [1.29, 1.82) is 0 Å². The van der Waals surface area contributed by atoms with Crippen LogP contribution in [0.5, 0.6) is 0 Å². The number of nitrogens with one attached hydrogen (secondary N) is 2. The Morgan fingerprint density at radius 3 is 2.13 bits per heavy atom. The molecule has 0 saturated heterocycles. The first-order chi connectivity index (χ1) is 10.9. The zero-order chi connectivity index (χ0) is 17.0. The van der Waals surface area contributed by atoms with Crippen molar-refractivity contribution < 1.29 is 9.59 Å². The molecule has 2 amide bonds. The molecule has 0 radical (unpaired) electrons. The van der Waals surface area contributed by atoms with Crippen LogP contribution in [0.1, 0.15) is 35.3 Å². The fourth-order valence-corrected chi connectivity index (χ4v) is 2.14. The van der Waals surface area contributed by atoms with Crippen LogP contribution in [0.25, 0.3) is 0 Å². The lowest BCUT2D eigenvalue weighted by Crippen LogP contribution is -2.18. The van der Waals surface area contributed by atoms with Crippen LogP contribution in [0.4, 0.5) is 11.4 Å². The third kappa shape index (κ3) is 4.42. The SMILES string of the molecule is Cc1ccc(NC(=O)c2ccc(NC(=O)C(C)C)cc2)c(C)c1. The van der Waals surface area contributed by atoms with E-state index in [9.17, 15) is 9.59 Å². The monoisotopic (exact) mass is 310 g/mol. The van der Waals surface area contributed by atoms with Gasteiger partial charge < -0.3 is 10.6 Å². The Morgan fingerprint density at radius 1 is 0.913 bits per heavy atom. The van der Waals surface area contributed by atoms with Crippen molar-refractivity contribution in [2.24, 2.45) is 5.92 Å². The van der Waals surface area contributed by atoms with Crippen LogP contribution in [-0.4, -0.2) is 11.8 Å². The van der Waals surface area contributed by atoms with E-state index in [2.05, 4.69) is 10.6 Å². The van der Waals surface area contributed by atoms with E-state index in [0.717, 1.165) is 16.8 Å². The van der Waals surface area contributed by atoms with E-state index in [1.807, 2.05) is 45.9 Å². The molecule has 0 bridgehead atoms. The third-order valence-electron chi connectivity index (χ3n) is 3.57. The van der Waals surface area contributed by atoms with Gasteiger partial charge in [-0.25, -0.2) is 0 Å². The minimum absolute atomic E-state index is 0.0440. The van der Waals surface area contributed by atoms with E-state index >= 15 is 0 Å². The molecular formula is C19H22N2O2. The lowest BCUT2D eigenvalue weighted by molar-refractivity contribution is -0.118. The molecular weight excluding hydrogens is 288 g/mol. The largest absolute Gasteiger partial charge is 0.326 e.